The van der Waals surface area contributed by atoms with Crippen LogP contribution in [0.15, 0.2) is 10.6 Å². The first-order chi connectivity index (χ1) is 7.16. The van der Waals surface area contributed by atoms with Gasteiger partial charge in [-0.15, -0.1) is 0 Å². The number of rotatable bonds is 3. The first-order valence-corrected chi connectivity index (χ1v) is 5.53. The summed E-state index contributed by atoms with van der Waals surface area (Å²) < 4.78 is 5.14. The minimum absolute atomic E-state index is 0.394. The lowest BCUT2D eigenvalue weighted by Crippen LogP contribution is -2.62. The highest BCUT2D eigenvalue weighted by atomic mass is 16.5. The highest BCUT2D eigenvalue weighted by molar-refractivity contribution is 5.08. The monoisotopic (exact) mass is 208 g/mol. The lowest BCUT2D eigenvalue weighted by atomic mass is 9.89. The van der Waals surface area contributed by atoms with Gasteiger partial charge in [0.15, 0.2) is 5.76 Å². The van der Waals surface area contributed by atoms with Crippen molar-refractivity contribution in [2.45, 2.75) is 31.9 Å². The zero-order valence-electron chi connectivity index (χ0n) is 8.94. The standard InChI is InChI=1S/C11H16N2O2/c1-8-4-10(15-12-8)5-13-6-11(14,7-13)9-2-3-9/h4,9,14H,2-3,5-7H2,1H3. The van der Waals surface area contributed by atoms with E-state index < -0.39 is 5.60 Å². The van der Waals surface area contributed by atoms with E-state index in [1.165, 1.54) is 12.8 Å². The number of aliphatic hydroxyl groups is 1. The largest absolute Gasteiger partial charge is 0.387 e. The summed E-state index contributed by atoms with van der Waals surface area (Å²) in [6.07, 6.45) is 2.40. The molecule has 1 N–H and O–H groups in total. The summed E-state index contributed by atoms with van der Waals surface area (Å²) in [5.41, 5.74) is 0.526. The summed E-state index contributed by atoms with van der Waals surface area (Å²) in [7, 11) is 0. The smallest absolute Gasteiger partial charge is 0.150 e. The number of aromatic nitrogens is 1. The Labute approximate surface area is 88.9 Å². The second kappa shape index (κ2) is 3.06. The molecule has 3 rings (SSSR count). The molecule has 0 atom stereocenters. The molecule has 0 aromatic carbocycles. The van der Waals surface area contributed by atoms with Gasteiger partial charge in [-0.3, -0.25) is 4.90 Å². The molecule has 0 unspecified atom stereocenters. The van der Waals surface area contributed by atoms with Crippen LogP contribution in [0.1, 0.15) is 24.3 Å². The molecule has 2 aliphatic rings. The van der Waals surface area contributed by atoms with Crippen molar-refractivity contribution in [2.24, 2.45) is 5.92 Å². The van der Waals surface area contributed by atoms with Crippen LogP contribution < -0.4 is 0 Å². The van der Waals surface area contributed by atoms with Gasteiger partial charge in [0.1, 0.15) is 0 Å². The number of hydrogen-bond donors (Lipinski definition) is 1. The second-order valence-electron chi connectivity index (χ2n) is 4.96. The zero-order valence-corrected chi connectivity index (χ0v) is 8.94. The van der Waals surface area contributed by atoms with Gasteiger partial charge >= 0.3 is 0 Å². The van der Waals surface area contributed by atoms with Crippen LogP contribution in [0, 0.1) is 12.8 Å². The van der Waals surface area contributed by atoms with Gasteiger partial charge in [-0.25, -0.2) is 0 Å². The fourth-order valence-corrected chi connectivity index (χ4v) is 2.43. The number of aryl methyl sites for hydroxylation is 1. The Morgan fingerprint density at radius 2 is 2.33 bits per heavy atom. The molecule has 15 heavy (non-hydrogen) atoms. The van der Waals surface area contributed by atoms with E-state index in [2.05, 4.69) is 10.1 Å². The van der Waals surface area contributed by atoms with Crippen molar-refractivity contribution in [3.8, 4) is 0 Å². The predicted molar refractivity (Wildman–Crippen MR) is 54.2 cm³/mol. The average molecular weight is 208 g/mol. The summed E-state index contributed by atoms with van der Waals surface area (Å²) >= 11 is 0. The van der Waals surface area contributed by atoms with Crippen LogP contribution in [0.4, 0.5) is 0 Å². The maximum Gasteiger partial charge on any atom is 0.150 e. The van der Waals surface area contributed by atoms with Crippen LogP contribution in [-0.2, 0) is 6.54 Å². The minimum Gasteiger partial charge on any atom is -0.387 e. The molecule has 2 heterocycles. The van der Waals surface area contributed by atoms with E-state index in [-0.39, 0.29) is 0 Å². The Bertz CT molecular complexity index is 364. The molecule has 4 nitrogen and oxygen atoms in total. The maximum absolute atomic E-state index is 10.1. The van der Waals surface area contributed by atoms with Gasteiger partial charge < -0.3 is 9.63 Å². The molecular formula is C11H16N2O2. The minimum atomic E-state index is -0.394. The van der Waals surface area contributed by atoms with E-state index in [4.69, 9.17) is 4.52 Å². The van der Waals surface area contributed by atoms with E-state index >= 15 is 0 Å². The van der Waals surface area contributed by atoms with Crippen LogP contribution in [0.5, 0.6) is 0 Å². The summed E-state index contributed by atoms with van der Waals surface area (Å²) in [6, 6.07) is 1.95. The van der Waals surface area contributed by atoms with E-state index in [0.29, 0.717) is 5.92 Å². The Balaban J connectivity index is 1.55. The van der Waals surface area contributed by atoms with Crippen molar-refractivity contribution in [1.82, 2.24) is 10.1 Å². The van der Waals surface area contributed by atoms with E-state index in [0.717, 1.165) is 31.1 Å². The van der Waals surface area contributed by atoms with Gasteiger partial charge in [0, 0.05) is 19.2 Å². The quantitative estimate of drug-likeness (QED) is 0.803. The summed E-state index contributed by atoms with van der Waals surface area (Å²) in [5.74, 6) is 1.45. The first kappa shape index (κ1) is 9.36. The van der Waals surface area contributed by atoms with Gasteiger partial charge in [-0.2, -0.15) is 0 Å². The Kier molecular flexibility index (Phi) is 1.91. The molecule has 2 fully saturated rings. The lowest BCUT2D eigenvalue weighted by Gasteiger charge is -2.46. The van der Waals surface area contributed by atoms with Crippen molar-refractivity contribution in [3.05, 3.63) is 17.5 Å². The molecule has 4 heteroatoms. The fourth-order valence-electron chi connectivity index (χ4n) is 2.43. The molecule has 0 amide bonds. The molecule has 1 saturated heterocycles. The average Bonchev–Trinajstić information content (AvgIpc) is 2.90. The van der Waals surface area contributed by atoms with Gasteiger partial charge in [0.05, 0.1) is 17.8 Å². The molecule has 0 bridgehead atoms. The van der Waals surface area contributed by atoms with Gasteiger partial charge in [-0.1, -0.05) is 5.16 Å². The molecule has 1 aliphatic carbocycles. The summed E-state index contributed by atoms with van der Waals surface area (Å²) in [5, 5.41) is 14.0. The molecule has 82 valence electrons. The van der Waals surface area contributed by atoms with Crippen molar-refractivity contribution in [2.75, 3.05) is 13.1 Å². The molecule has 1 saturated carbocycles. The highest BCUT2D eigenvalue weighted by Crippen LogP contribution is 2.44. The molecule has 1 aliphatic heterocycles. The third-order valence-corrected chi connectivity index (χ3v) is 3.39. The normalized spacial score (nSPS) is 25.2. The predicted octanol–water partition coefficient (Wildman–Crippen LogP) is 0.940. The van der Waals surface area contributed by atoms with Crippen LogP contribution in [0.3, 0.4) is 0 Å². The second-order valence-corrected chi connectivity index (χ2v) is 4.96. The number of likely N-dealkylation sites (tertiary alicyclic amines) is 1. The van der Waals surface area contributed by atoms with E-state index in [1.54, 1.807) is 0 Å². The van der Waals surface area contributed by atoms with Crippen LogP contribution >= 0.6 is 0 Å². The molecule has 0 spiro atoms. The van der Waals surface area contributed by atoms with Crippen molar-refractivity contribution >= 4 is 0 Å². The third-order valence-electron chi connectivity index (χ3n) is 3.39. The third kappa shape index (κ3) is 1.68. The van der Waals surface area contributed by atoms with Gasteiger partial charge in [0.2, 0.25) is 0 Å². The Morgan fingerprint density at radius 3 is 2.87 bits per heavy atom. The zero-order chi connectivity index (χ0) is 10.5. The molecule has 1 aromatic rings. The van der Waals surface area contributed by atoms with Crippen molar-refractivity contribution < 1.29 is 9.63 Å². The molecule has 0 radical (unpaired) electrons. The van der Waals surface area contributed by atoms with E-state index in [9.17, 15) is 5.11 Å². The number of hydrogen-bond acceptors (Lipinski definition) is 4. The SMILES string of the molecule is Cc1cc(CN2CC(O)(C3CC3)C2)on1. The fraction of sp³-hybridized carbons (Fsp3) is 0.727. The van der Waals surface area contributed by atoms with Crippen molar-refractivity contribution in [1.29, 1.82) is 0 Å². The topological polar surface area (TPSA) is 49.5 Å². The van der Waals surface area contributed by atoms with Gasteiger partial charge in [0.25, 0.3) is 0 Å². The summed E-state index contributed by atoms with van der Waals surface area (Å²) in [4.78, 5) is 2.21. The van der Waals surface area contributed by atoms with E-state index in [1.807, 2.05) is 13.0 Å². The highest BCUT2D eigenvalue weighted by Gasteiger charge is 2.51. The van der Waals surface area contributed by atoms with Crippen LogP contribution in [0.25, 0.3) is 0 Å². The lowest BCUT2D eigenvalue weighted by molar-refractivity contribution is -0.118. The summed E-state index contributed by atoms with van der Waals surface area (Å²) in [6.45, 7) is 4.27. The Morgan fingerprint density at radius 1 is 1.60 bits per heavy atom. The first-order valence-electron chi connectivity index (χ1n) is 5.53. The van der Waals surface area contributed by atoms with Gasteiger partial charge in [-0.05, 0) is 25.7 Å². The maximum atomic E-state index is 10.1. The molecule has 1 aromatic heterocycles. The Hall–Kier alpha value is -0.870. The van der Waals surface area contributed by atoms with Crippen LogP contribution in [0.2, 0.25) is 0 Å². The number of nitrogens with zero attached hydrogens (tertiary/aromatic N) is 2. The number of β-amino-alcohol motifs (C(OH)–C–C–N with tert-alkyl or cyclic N) is 1. The van der Waals surface area contributed by atoms with Crippen LogP contribution in [-0.4, -0.2) is 33.9 Å². The van der Waals surface area contributed by atoms with Crippen molar-refractivity contribution in [3.63, 3.8) is 0 Å². The molecular weight excluding hydrogens is 192 g/mol.